The molecule has 0 radical (unpaired) electrons. The van der Waals surface area contributed by atoms with Crippen LogP contribution in [0.4, 0.5) is 0 Å². The Morgan fingerprint density at radius 1 is 1.00 bits per heavy atom. The summed E-state index contributed by atoms with van der Waals surface area (Å²) in [4.78, 5) is 13.2. The lowest BCUT2D eigenvalue weighted by Gasteiger charge is -2.14. The van der Waals surface area contributed by atoms with E-state index in [0.29, 0.717) is 11.3 Å². The van der Waals surface area contributed by atoms with Gasteiger partial charge in [0.25, 0.3) is 5.56 Å². The van der Waals surface area contributed by atoms with E-state index >= 15 is 0 Å². The second-order valence-corrected chi connectivity index (χ2v) is 6.68. The van der Waals surface area contributed by atoms with Crippen molar-refractivity contribution < 1.29 is 0 Å². The van der Waals surface area contributed by atoms with Gasteiger partial charge in [-0.1, -0.05) is 74.5 Å². The molecule has 3 rings (SSSR count). The molecule has 0 bridgehead atoms. The first-order valence-electron chi connectivity index (χ1n) is 8.89. The number of rotatable bonds is 4. The van der Waals surface area contributed by atoms with Crippen molar-refractivity contribution in [3.05, 3.63) is 82.6 Å². The van der Waals surface area contributed by atoms with Crippen molar-refractivity contribution in [3.63, 3.8) is 0 Å². The largest absolute Gasteiger partial charge is 0.290 e. The van der Waals surface area contributed by atoms with E-state index in [0.717, 1.165) is 16.8 Å². The first-order chi connectivity index (χ1) is 13.0. The zero-order chi connectivity index (χ0) is 19.4. The Bertz CT molecular complexity index is 1070. The molecule has 1 aromatic heterocycles. The van der Waals surface area contributed by atoms with E-state index in [1.165, 1.54) is 4.68 Å². The number of aromatic nitrogens is 1. The van der Waals surface area contributed by atoms with Crippen molar-refractivity contribution >= 4 is 5.71 Å². The highest BCUT2D eigenvalue weighted by atomic mass is 16.1. The predicted octanol–water partition coefficient (Wildman–Crippen LogP) is 4.93. The van der Waals surface area contributed by atoms with Crippen molar-refractivity contribution in [1.82, 2.24) is 4.68 Å². The summed E-state index contributed by atoms with van der Waals surface area (Å²) in [5.41, 5.74) is 3.51. The minimum absolute atomic E-state index is 0.0983. The molecule has 4 nitrogen and oxygen atoms in total. The van der Waals surface area contributed by atoms with Gasteiger partial charge in [0.2, 0.25) is 0 Å². The minimum Gasteiger partial charge on any atom is -0.266 e. The van der Waals surface area contributed by atoms with Crippen LogP contribution in [0.1, 0.15) is 26.3 Å². The highest BCUT2D eigenvalue weighted by Crippen LogP contribution is 2.27. The molecule has 2 aromatic carbocycles. The molecule has 3 aromatic rings. The van der Waals surface area contributed by atoms with E-state index in [-0.39, 0.29) is 11.5 Å². The van der Waals surface area contributed by atoms with E-state index in [1.54, 1.807) is 0 Å². The predicted molar refractivity (Wildman–Crippen MR) is 110 cm³/mol. The van der Waals surface area contributed by atoms with Gasteiger partial charge in [-0.2, -0.15) is 15.0 Å². The Balaban J connectivity index is 2.39. The second kappa shape index (κ2) is 7.84. The quantitative estimate of drug-likeness (QED) is 0.623. The van der Waals surface area contributed by atoms with Gasteiger partial charge in [-0.25, -0.2) is 0 Å². The van der Waals surface area contributed by atoms with Gasteiger partial charge in [0.05, 0.1) is 5.69 Å². The zero-order valence-corrected chi connectivity index (χ0v) is 15.7. The minimum atomic E-state index is -0.405. The summed E-state index contributed by atoms with van der Waals surface area (Å²) >= 11 is 0. The van der Waals surface area contributed by atoms with Crippen molar-refractivity contribution in [3.8, 4) is 28.5 Å². The van der Waals surface area contributed by atoms with Crippen LogP contribution in [-0.2, 0) is 0 Å². The number of nitriles is 1. The molecule has 0 atom stereocenters. The maximum Gasteiger partial charge on any atom is 0.290 e. The summed E-state index contributed by atoms with van der Waals surface area (Å²) in [6, 6.07) is 23.1. The number of pyridine rings is 1. The van der Waals surface area contributed by atoms with E-state index in [4.69, 9.17) is 0 Å². The Morgan fingerprint density at radius 3 is 2.07 bits per heavy atom. The molecule has 4 heteroatoms. The number of benzene rings is 2. The molecule has 0 saturated carbocycles. The molecule has 0 unspecified atom stereocenters. The zero-order valence-electron chi connectivity index (χ0n) is 15.7. The van der Waals surface area contributed by atoms with Crippen LogP contribution in [-0.4, -0.2) is 10.4 Å². The number of hydrogen-bond acceptors (Lipinski definition) is 3. The Hall–Kier alpha value is -3.45. The van der Waals surface area contributed by atoms with Gasteiger partial charge in [0, 0.05) is 16.8 Å². The van der Waals surface area contributed by atoms with E-state index in [2.05, 4.69) is 11.2 Å². The third kappa shape index (κ3) is 3.73. The molecule has 0 fully saturated rings. The van der Waals surface area contributed by atoms with Crippen molar-refractivity contribution in [2.24, 2.45) is 11.0 Å². The van der Waals surface area contributed by atoms with Gasteiger partial charge in [-0.3, -0.25) is 4.79 Å². The molecule has 0 spiro atoms. The summed E-state index contributed by atoms with van der Waals surface area (Å²) in [6.45, 7) is 5.94. The Labute approximate surface area is 159 Å². The standard InChI is InChI=1S/C23H21N3O/c1-16(2)17(3)25-26-22(19-12-8-5-9-13-19)14-20(21(15-24)23(26)27)18-10-6-4-7-11-18/h4-14,16H,1-3H3/b25-17+. The van der Waals surface area contributed by atoms with Crippen molar-refractivity contribution in [2.45, 2.75) is 20.8 Å². The van der Waals surface area contributed by atoms with Gasteiger partial charge in [-0.05, 0) is 24.5 Å². The van der Waals surface area contributed by atoms with Crippen LogP contribution in [0.25, 0.3) is 22.4 Å². The van der Waals surface area contributed by atoms with Crippen LogP contribution >= 0.6 is 0 Å². The normalized spacial score (nSPS) is 11.4. The lowest BCUT2D eigenvalue weighted by molar-refractivity contribution is 0.790. The maximum atomic E-state index is 13.2. The lowest BCUT2D eigenvalue weighted by atomic mass is 9.99. The highest BCUT2D eigenvalue weighted by molar-refractivity contribution is 5.84. The highest BCUT2D eigenvalue weighted by Gasteiger charge is 2.17. The van der Waals surface area contributed by atoms with Crippen LogP contribution in [0.5, 0.6) is 0 Å². The summed E-state index contributed by atoms with van der Waals surface area (Å²) in [7, 11) is 0. The molecule has 0 aliphatic carbocycles. The molecular weight excluding hydrogens is 334 g/mol. The molecular formula is C23H21N3O. The van der Waals surface area contributed by atoms with Gasteiger partial charge in [0.1, 0.15) is 11.6 Å². The third-order valence-electron chi connectivity index (χ3n) is 4.54. The molecule has 0 aliphatic heterocycles. The van der Waals surface area contributed by atoms with Crippen molar-refractivity contribution in [2.75, 3.05) is 0 Å². The molecule has 1 heterocycles. The fourth-order valence-electron chi connectivity index (χ4n) is 2.74. The summed E-state index contributed by atoms with van der Waals surface area (Å²) in [5, 5.41) is 14.2. The SMILES string of the molecule is C/C(=N\n1c(-c2ccccc2)cc(-c2ccccc2)c(C#N)c1=O)C(C)C. The summed E-state index contributed by atoms with van der Waals surface area (Å²) < 4.78 is 1.36. The molecule has 134 valence electrons. The van der Waals surface area contributed by atoms with Gasteiger partial charge in [-0.15, -0.1) is 0 Å². The van der Waals surface area contributed by atoms with Crippen LogP contribution in [0, 0.1) is 17.2 Å². The molecule has 0 N–H and O–H groups in total. The number of nitrogens with zero attached hydrogens (tertiary/aromatic N) is 3. The Kier molecular flexibility index (Phi) is 5.33. The summed E-state index contributed by atoms with van der Waals surface area (Å²) in [5.74, 6) is 0.194. The number of hydrogen-bond donors (Lipinski definition) is 0. The second-order valence-electron chi connectivity index (χ2n) is 6.68. The summed E-state index contributed by atoms with van der Waals surface area (Å²) in [6.07, 6.45) is 0. The molecule has 0 saturated heterocycles. The smallest absolute Gasteiger partial charge is 0.266 e. The third-order valence-corrected chi connectivity index (χ3v) is 4.54. The van der Waals surface area contributed by atoms with Gasteiger partial charge < -0.3 is 0 Å². The van der Waals surface area contributed by atoms with Crippen LogP contribution in [0.3, 0.4) is 0 Å². The molecule has 0 aliphatic rings. The first kappa shape index (κ1) is 18.3. The van der Waals surface area contributed by atoms with Gasteiger partial charge >= 0.3 is 0 Å². The molecule has 27 heavy (non-hydrogen) atoms. The average Bonchev–Trinajstić information content (AvgIpc) is 2.70. The average molecular weight is 355 g/mol. The fraction of sp³-hybridized carbons (Fsp3) is 0.174. The topological polar surface area (TPSA) is 58.1 Å². The lowest BCUT2D eigenvalue weighted by Crippen LogP contribution is -2.24. The monoisotopic (exact) mass is 355 g/mol. The van der Waals surface area contributed by atoms with Crippen LogP contribution < -0.4 is 5.56 Å². The molecule has 0 amide bonds. The first-order valence-corrected chi connectivity index (χ1v) is 8.89. The van der Waals surface area contributed by atoms with Crippen LogP contribution in [0.2, 0.25) is 0 Å². The van der Waals surface area contributed by atoms with E-state index < -0.39 is 5.56 Å². The Morgan fingerprint density at radius 2 is 1.56 bits per heavy atom. The maximum absolute atomic E-state index is 13.2. The van der Waals surface area contributed by atoms with Gasteiger partial charge in [0.15, 0.2) is 0 Å². The fourth-order valence-corrected chi connectivity index (χ4v) is 2.74. The van der Waals surface area contributed by atoms with Crippen molar-refractivity contribution in [1.29, 1.82) is 5.26 Å². The van der Waals surface area contributed by atoms with Crippen LogP contribution in [0.15, 0.2) is 76.6 Å². The van der Waals surface area contributed by atoms with E-state index in [9.17, 15) is 10.1 Å². The van der Waals surface area contributed by atoms with E-state index in [1.807, 2.05) is 87.5 Å².